The number of rotatable bonds is 4. The van der Waals surface area contributed by atoms with Crippen LogP contribution < -0.4 is 0 Å². The molecule has 6 rings (SSSR count). The van der Waals surface area contributed by atoms with Crippen molar-refractivity contribution in [1.29, 1.82) is 0 Å². The molecule has 1 amide bonds. The molecule has 0 N–H and O–H groups in total. The van der Waals surface area contributed by atoms with E-state index in [9.17, 15) is 18.0 Å². The monoisotopic (exact) mass is 453 g/mol. The highest BCUT2D eigenvalue weighted by Gasteiger charge is 2.53. The second-order valence-corrected chi connectivity index (χ2v) is 9.96. The summed E-state index contributed by atoms with van der Waals surface area (Å²) >= 11 is 0. The number of carbonyl (C=O) groups is 1. The van der Waals surface area contributed by atoms with Gasteiger partial charge in [-0.2, -0.15) is 5.10 Å². The van der Waals surface area contributed by atoms with Crippen molar-refractivity contribution in [2.75, 3.05) is 6.54 Å². The standard InChI is InChI=1S/C26H26F3N3O/c27-18-3-1-2-15(8-18)25-11-20(29)14-32(25)26(33)23-10-16(21-5-6-22(21)23)12-31-13-17-9-19(28)4-7-24(17)30-31/h1-4,7-9,13,16,20-23,25H,5-6,10-12,14H2/t16?,20?,21?,22?,23-,25?/m0/s1. The third-order valence-electron chi connectivity index (χ3n) is 8.08. The Morgan fingerprint density at radius 2 is 1.85 bits per heavy atom. The van der Waals surface area contributed by atoms with Crippen LogP contribution in [0.15, 0.2) is 48.7 Å². The van der Waals surface area contributed by atoms with E-state index in [1.807, 2.05) is 10.9 Å². The topological polar surface area (TPSA) is 38.1 Å². The van der Waals surface area contributed by atoms with Gasteiger partial charge in [0.1, 0.15) is 17.8 Å². The van der Waals surface area contributed by atoms with Crippen LogP contribution >= 0.6 is 0 Å². The molecule has 4 nitrogen and oxygen atoms in total. The van der Waals surface area contributed by atoms with E-state index in [4.69, 9.17) is 0 Å². The van der Waals surface area contributed by atoms with Gasteiger partial charge < -0.3 is 4.90 Å². The number of likely N-dealkylation sites (tertiary alicyclic amines) is 1. The predicted octanol–water partition coefficient (Wildman–Crippen LogP) is 5.29. The molecule has 0 spiro atoms. The van der Waals surface area contributed by atoms with Crippen molar-refractivity contribution < 1.29 is 18.0 Å². The lowest BCUT2D eigenvalue weighted by atomic mass is 9.70. The molecule has 1 aliphatic heterocycles. The largest absolute Gasteiger partial charge is 0.332 e. The highest BCUT2D eigenvalue weighted by Crippen LogP contribution is 2.55. The van der Waals surface area contributed by atoms with Crippen molar-refractivity contribution in [3.63, 3.8) is 0 Å². The summed E-state index contributed by atoms with van der Waals surface area (Å²) < 4.78 is 43.6. The summed E-state index contributed by atoms with van der Waals surface area (Å²) in [5.41, 5.74) is 1.43. The van der Waals surface area contributed by atoms with Gasteiger partial charge in [-0.3, -0.25) is 9.48 Å². The minimum atomic E-state index is -1.09. The molecule has 2 heterocycles. The number of aromatic nitrogens is 2. The Bertz CT molecular complexity index is 1210. The maximum absolute atomic E-state index is 14.4. The first-order valence-electron chi connectivity index (χ1n) is 11.8. The predicted molar refractivity (Wildman–Crippen MR) is 118 cm³/mol. The number of halogens is 3. The molecule has 0 radical (unpaired) electrons. The number of amides is 1. The van der Waals surface area contributed by atoms with Crippen LogP contribution in [-0.2, 0) is 11.3 Å². The van der Waals surface area contributed by atoms with E-state index >= 15 is 0 Å². The molecule has 2 aliphatic carbocycles. The van der Waals surface area contributed by atoms with E-state index in [2.05, 4.69) is 5.10 Å². The van der Waals surface area contributed by atoms with Gasteiger partial charge >= 0.3 is 0 Å². The number of hydrogen-bond donors (Lipinski definition) is 0. The van der Waals surface area contributed by atoms with Gasteiger partial charge in [0.2, 0.25) is 5.91 Å². The minimum absolute atomic E-state index is 0.00862. The molecule has 3 fully saturated rings. The summed E-state index contributed by atoms with van der Waals surface area (Å²) in [6.07, 6.45) is 3.86. The van der Waals surface area contributed by atoms with Crippen LogP contribution in [-0.4, -0.2) is 33.3 Å². The molecule has 7 heteroatoms. The second-order valence-electron chi connectivity index (χ2n) is 9.96. The lowest BCUT2D eigenvalue weighted by Crippen LogP contribution is -2.40. The lowest BCUT2D eigenvalue weighted by molar-refractivity contribution is -0.139. The van der Waals surface area contributed by atoms with Crippen LogP contribution in [0.5, 0.6) is 0 Å². The fraction of sp³-hybridized carbons (Fsp3) is 0.462. The molecular weight excluding hydrogens is 427 g/mol. The molecular formula is C26H26F3N3O. The number of benzene rings is 2. The zero-order valence-electron chi connectivity index (χ0n) is 18.2. The summed E-state index contributed by atoms with van der Waals surface area (Å²) in [6, 6.07) is 10.3. The Morgan fingerprint density at radius 1 is 1.03 bits per heavy atom. The maximum Gasteiger partial charge on any atom is 0.226 e. The van der Waals surface area contributed by atoms with E-state index in [0.29, 0.717) is 29.9 Å². The summed E-state index contributed by atoms with van der Waals surface area (Å²) in [4.78, 5) is 15.3. The molecule has 1 aromatic heterocycles. The van der Waals surface area contributed by atoms with Crippen LogP contribution in [0.4, 0.5) is 13.2 Å². The summed E-state index contributed by atoms with van der Waals surface area (Å²) in [7, 11) is 0. The van der Waals surface area contributed by atoms with E-state index in [1.54, 1.807) is 23.1 Å². The third kappa shape index (κ3) is 3.62. The van der Waals surface area contributed by atoms with Crippen molar-refractivity contribution in [1.82, 2.24) is 14.7 Å². The normalized spacial score (nSPS) is 31.1. The van der Waals surface area contributed by atoms with Crippen molar-refractivity contribution in [3.05, 3.63) is 65.9 Å². The van der Waals surface area contributed by atoms with Crippen molar-refractivity contribution in [2.24, 2.45) is 23.7 Å². The Hall–Kier alpha value is -2.83. The van der Waals surface area contributed by atoms with E-state index in [-0.39, 0.29) is 36.4 Å². The number of alkyl halides is 1. The van der Waals surface area contributed by atoms with Crippen LogP contribution in [0, 0.1) is 35.3 Å². The quantitative estimate of drug-likeness (QED) is 0.539. The highest BCUT2D eigenvalue weighted by atomic mass is 19.1. The van der Waals surface area contributed by atoms with Gasteiger partial charge in [-0.1, -0.05) is 12.1 Å². The maximum atomic E-state index is 14.4. The highest BCUT2D eigenvalue weighted by molar-refractivity contribution is 5.81. The van der Waals surface area contributed by atoms with Crippen molar-refractivity contribution in [2.45, 2.75) is 44.4 Å². The number of carbonyl (C=O) groups excluding carboxylic acids is 1. The Kier molecular flexibility index (Phi) is 4.96. The Balaban J connectivity index is 1.21. The summed E-state index contributed by atoms with van der Waals surface area (Å²) in [6.45, 7) is 0.773. The average molecular weight is 454 g/mol. The summed E-state index contributed by atoms with van der Waals surface area (Å²) in [5.74, 6) is 0.321. The summed E-state index contributed by atoms with van der Waals surface area (Å²) in [5, 5.41) is 5.36. The number of nitrogens with zero attached hydrogens (tertiary/aromatic N) is 3. The smallest absolute Gasteiger partial charge is 0.226 e. The van der Waals surface area contributed by atoms with Gasteiger partial charge in [0, 0.05) is 30.5 Å². The van der Waals surface area contributed by atoms with Gasteiger partial charge in [-0.05, 0) is 72.9 Å². The van der Waals surface area contributed by atoms with Crippen LogP contribution in [0.3, 0.4) is 0 Å². The molecule has 33 heavy (non-hydrogen) atoms. The minimum Gasteiger partial charge on any atom is -0.332 e. The molecule has 0 bridgehead atoms. The molecule has 2 aromatic carbocycles. The van der Waals surface area contributed by atoms with Crippen molar-refractivity contribution in [3.8, 4) is 0 Å². The Morgan fingerprint density at radius 3 is 2.64 bits per heavy atom. The lowest BCUT2D eigenvalue weighted by Gasteiger charge is -2.37. The third-order valence-corrected chi connectivity index (χ3v) is 8.08. The fourth-order valence-corrected chi connectivity index (χ4v) is 6.46. The second kappa shape index (κ2) is 7.89. The molecule has 1 saturated heterocycles. The molecule has 2 saturated carbocycles. The Labute approximate surface area is 190 Å². The van der Waals surface area contributed by atoms with Gasteiger partial charge in [0.05, 0.1) is 18.1 Å². The zero-order valence-corrected chi connectivity index (χ0v) is 18.2. The molecule has 172 valence electrons. The van der Waals surface area contributed by atoms with Gasteiger partial charge in [-0.15, -0.1) is 0 Å². The molecule has 5 unspecified atom stereocenters. The van der Waals surface area contributed by atoms with Crippen molar-refractivity contribution >= 4 is 16.8 Å². The van der Waals surface area contributed by atoms with Gasteiger partial charge in [0.15, 0.2) is 0 Å². The van der Waals surface area contributed by atoms with Gasteiger partial charge in [-0.25, -0.2) is 13.2 Å². The SMILES string of the molecule is O=C([C@H]1CC(Cn2cc3cc(F)ccc3n2)C2CCC21)N1CC(F)CC1c1cccc(F)c1. The zero-order chi connectivity index (χ0) is 22.7. The first-order valence-corrected chi connectivity index (χ1v) is 11.8. The first kappa shape index (κ1) is 20.8. The van der Waals surface area contributed by atoms with E-state index < -0.39 is 12.2 Å². The number of hydrogen-bond acceptors (Lipinski definition) is 2. The van der Waals surface area contributed by atoms with E-state index in [1.165, 1.54) is 24.3 Å². The average Bonchev–Trinajstić information content (AvgIpc) is 3.40. The van der Waals surface area contributed by atoms with E-state index in [0.717, 1.165) is 30.2 Å². The molecule has 6 atom stereocenters. The molecule has 3 aromatic rings. The molecule has 3 aliphatic rings. The van der Waals surface area contributed by atoms with Crippen LogP contribution in [0.2, 0.25) is 0 Å². The number of fused-ring (bicyclic) bond motifs is 2. The van der Waals surface area contributed by atoms with Crippen LogP contribution in [0.25, 0.3) is 10.9 Å². The fourth-order valence-electron chi connectivity index (χ4n) is 6.46. The van der Waals surface area contributed by atoms with Gasteiger partial charge in [0.25, 0.3) is 0 Å². The first-order chi connectivity index (χ1) is 16.0. The van der Waals surface area contributed by atoms with Crippen LogP contribution in [0.1, 0.15) is 37.3 Å².